The molecule has 0 radical (unpaired) electrons. The van der Waals surface area contributed by atoms with Gasteiger partial charge in [0, 0.05) is 24.0 Å². The molecule has 0 fully saturated rings. The van der Waals surface area contributed by atoms with Crippen molar-refractivity contribution in [3.63, 3.8) is 0 Å². The van der Waals surface area contributed by atoms with Crippen LogP contribution in [0.25, 0.3) is 0 Å². The van der Waals surface area contributed by atoms with Gasteiger partial charge < -0.3 is 9.88 Å². The van der Waals surface area contributed by atoms with E-state index in [4.69, 9.17) is 11.6 Å². The molecule has 1 N–H and O–H groups in total. The molecule has 0 unspecified atom stereocenters. The molecule has 0 aliphatic carbocycles. The second-order valence-electron chi connectivity index (χ2n) is 6.00. The van der Waals surface area contributed by atoms with E-state index in [-0.39, 0.29) is 11.0 Å². The molecule has 24 heavy (non-hydrogen) atoms. The van der Waals surface area contributed by atoms with Gasteiger partial charge >= 0.3 is 0 Å². The van der Waals surface area contributed by atoms with E-state index in [0.717, 1.165) is 30.6 Å². The Morgan fingerprint density at radius 2 is 1.96 bits per heavy atom. The van der Waals surface area contributed by atoms with Crippen molar-refractivity contribution in [1.82, 2.24) is 4.57 Å². The van der Waals surface area contributed by atoms with Crippen LogP contribution in [0.2, 0.25) is 5.02 Å². The molecule has 5 heteroatoms. The first kappa shape index (κ1) is 18.3. The zero-order chi connectivity index (χ0) is 17.9. The molecule has 0 saturated heterocycles. The summed E-state index contributed by atoms with van der Waals surface area (Å²) in [5.41, 5.74) is 2.87. The van der Waals surface area contributed by atoms with Crippen molar-refractivity contribution in [2.45, 2.75) is 47.1 Å². The van der Waals surface area contributed by atoms with Gasteiger partial charge in [-0.05, 0) is 38.8 Å². The van der Waals surface area contributed by atoms with Crippen LogP contribution in [0.5, 0.6) is 0 Å². The van der Waals surface area contributed by atoms with Gasteiger partial charge in [-0.2, -0.15) is 0 Å². The average molecular weight is 347 g/mol. The van der Waals surface area contributed by atoms with Gasteiger partial charge in [-0.3, -0.25) is 9.59 Å². The van der Waals surface area contributed by atoms with Gasteiger partial charge in [0.25, 0.3) is 5.91 Å². The van der Waals surface area contributed by atoms with Gasteiger partial charge in [0.05, 0.1) is 10.7 Å². The van der Waals surface area contributed by atoms with Gasteiger partial charge in [0.1, 0.15) is 5.56 Å². The zero-order valence-electron chi connectivity index (χ0n) is 14.6. The number of hydrogen-bond acceptors (Lipinski definition) is 2. The molecule has 0 saturated carbocycles. The molecule has 2 rings (SSSR count). The summed E-state index contributed by atoms with van der Waals surface area (Å²) in [5.74, 6) is -0.418. The molecule has 0 spiro atoms. The molecule has 4 nitrogen and oxygen atoms in total. The van der Waals surface area contributed by atoms with E-state index in [0.29, 0.717) is 16.4 Å². The summed E-state index contributed by atoms with van der Waals surface area (Å²) in [6.07, 6.45) is 2.04. The van der Waals surface area contributed by atoms with E-state index < -0.39 is 5.91 Å². The highest BCUT2D eigenvalue weighted by atomic mass is 35.5. The molecule has 0 bridgehead atoms. The number of anilines is 1. The maximum Gasteiger partial charge on any atom is 0.261 e. The van der Waals surface area contributed by atoms with E-state index in [1.165, 1.54) is 6.07 Å². The Kier molecular flexibility index (Phi) is 5.84. The van der Waals surface area contributed by atoms with Crippen LogP contribution in [0.4, 0.5) is 5.69 Å². The van der Waals surface area contributed by atoms with E-state index in [1.807, 2.05) is 37.5 Å². The number of aryl methyl sites for hydroxylation is 2. The lowest BCUT2D eigenvalue weighted by molar-refractivity contribution is 0.102. The van der Waals surface area contributed by atoms with E-state index in [1.54, 1.807) is 6.07 Å². The summed E-state index contributed by atoms with van der Waals surface area (Å²) in [6, 6.07) is 6.92. The number of benzene rings is 1. The first-order valence-electron chi connectivity index (χ1n) is 8.14. The van der Waals surface area contributed by atoms with Crippen molar-refractivity contribution in [1.29, 1.82) is 0 Å². The highest BCUT2D eigenvalue weighted by Crippen LogP contribution is 2.25. The number of halogens is 1. The number of carbonyl (C=O) groups excluding carboxylic acids is 1. The second-order valence-corrected chi connectivity index (χ2v) is 6.41. The molecule has 0 aliphatic heterocycles. The Labute approximate surface area is 147 Å². The Bertz CT molecular complexity index is 805. The highest BCUT2D eigenvalue weighted by Gasteiger charge is 2.19. The number of hydrogen-bond donors (Lipinski definition) is 1. The zero-order valence-corrected chi connectivity index (χ0v) is 15.3. The van der Waals surface area contributed by atoms with Crippen LogP contribution in [0.3, 0.4) is 0 Å². The Hall–Kier alpha value is -2.07. The molecule has 1 amide bonds. The molecule has 0 atom stereocenters. The average Bonchev–Trinajstić information content (AvgIpc) is 2.50. The van der Waals surface area contributed by atoms with Gasteiger partial charge in [0.15, 0.2) is 5.43 Å². The second kappa shape index (κ2) is 7.67. The largest absolute Gasteiger partial charge is 0.348 e. The SMILES string of the molecule is CCCCn1c(C)cc(=O)c(C(=O)Nc2c(C)cccc2Cl)c1C. The number of carbonyl (C=O) groups is 1. The maximum atomic E-state index is 12.7. The predicted octanol–water partition coefficient (Wildman–Crippen LogP) is 4.48. The number of unbranched alkanes of at least 4 members (excludes halogenated alkanes) is 1. The van der Waals surface area contributed by atoms with Crippen molar-refractivity contribution in [2.24, 2.45) is 0 Å². The monoisotopic (exact) mass is 346 g/mol. The Morgan fingerprint density at radius 3 is 2.58 bits per heavy atom. The Morgan fingerprint density at radius 1 is 1.25 bits per heavy atom. The minimum absolute atomic E-state index is 0.177. The fourth-order valence-electron chi connectivity index (χ4n) is 2.82. The number of aromatic nitrogens is 1. The number of rotatable bonds is 5. The lowest BCUT2D eigenvalue weighted by Gasteiger charge is -2.18. The molecule has 128 valence electrons. The summed E-state index contributed by atoms with van der Waals surface area (Å²) in [6.45, 7) is 8.48. The minimum atomic E-state index is -0.418. The van der Waals surface area contributed by atoms with Crippen LogP contribution in [0.15, 0.2) is 29.1 Å². The maximum absolute atomic E-state index is 12.7. The van der Waals surface area contributed by atoms with E-state index >= 15 is 0 Å². The third-order valence-corrected chi connectivity index (χ3v) is 4.52. The van der Waals surface area contributed by atoms with E-state index in [2.05, 4.69) is 12.2 Å². The first-order valence-corrected chi connectivity index (χ1v) is 8.52. The van der Waals surface area contributed by atoms with Crippen LogP contribution < -0.4 is 10.7 Å². The fraction of sp³-hybridized carbons (Fsp3) is 0.368. The van der Waals surface area contributed by atoms with Crippen molar-refractivity contribution >= 4 is 23.2 Å². The summed E-state index contributed by atoms with van der Waals surface area (Å²) >= 11 is 6.17. The first-order chi connectivity index (χ1) is 11.4. The van der Waals surface area contributed by atoms with Crippen molar-refractivity contribution in [2.75, 3.05) is 5.32 Å². The van der Waals surface area contributed by atoms with Crippen molar-refractivity contribution < 1.29 is 4.79 Å². The van der Waals surface area contributed by atoms with Crippen LogP contribution in [0.1, 0.15) is 47.1 Å². The summed E-state index contributed by atoms with van der Waals surface area (Å²) in [7, 11) is 0. The molecular weight excluding hydrogens is 324 g/mol. The van der Waals surface area contributed by atoms with Crippen LogP contribution in [-0.4, -0.2) is 10.5 Å². The third kappa shape index (κ3) is 3.70. The van der Waals surface area contributed by atoms with Crippen LogP contribution >= 0.6 is 11.6 Å². The van der Waals surface area contributed by atoms with Crippen LogP contribution in [-0.2, 0) is 6.54 Å². The van der Waals surface area contributed by atoms with Crippen molar-refractivity contribution in [3.8, 4) is 0 Å². The Balaban J connectivity index is 2.44. The van der Waals surface area contributed by atoms with Gasteiger partial charge in [-0.1, -0.05) is 37.1 Å². The topological polar surface area (TPSA) is 51.1 Å². The van der Waals surface area contributed by atoms with E-state index in [9.17, 15) is 9.59 Å². The number of amides is 1. The quantitative estimate of drug-likeness (QED) is 0.867. The van der Waals surface area contributed by atoms with Gasteiger partial charge in [-0.15, -0.1) is 0 Å². The highest BCUT2D eigenvalue weighted by molar-refractivity contribution is 6.34. The number of nitrogens with one attached hydrogen (secondary N) is 1. The normalized spacial score (nSPS) is 10.7. The number of para-hydroxylation sites is 1. The number of pyridine rings is 1. The van der Waals surface area contributed by atoms with Crippen molar-refractivity contribution in [3.05, 3.63) is 62.0 Å². The molecule has 0 aliphatic rings. The fourth-order valence-corrected chi connectivity index (χ4v) is 3.09. The molecular formula is C19H23ClN2O2. The molecule has 1 aromatic carbocycles. The lowest BCUT2D eigenvalue weighted by Crippen LogP contribution is -2.27. The molecule has 1 aromatic heterocycles. The minimum Gasteiger partial charge on any atom is -0.348 e. The van der Waals surface area contributed by atoms with Crippen LogP contribution in [0, 0.1) is 20.8 Å². The smallest absolute Gasteiger partial charge is 0.261 e. The number of nitrogens with zero attached hydrogens (tertiary/aromatic N) is 1. The summed E-state index contributed by atoms with van der Waals surface area (Å²) in [5, 5.41) is 3.25. The summed E-state index contributed by atoms with van der Waals surface area (Å²) < 4.78 is 2.03. The molecule has 2 aromatic rings. The molecule has 1 heterocycles. The standard InChI is InChI=1S/C19H23ClN2O2/c1-5-6-10-22-13(3)11-16(23)17(14(22)4)19(24)21-18-12(2)8-7-9-15(18)20/h7-9,11H,5-6,10H2,1-4H3,(H,21,24). The van der Waals surface area contributed by atoms with Gasteiger partial charge in [-0.25, -0.2) is 0 Å². The third-order valence-electron chi connectivity index (χ3n) is 4.20. The lowest BCUT2D eigenvalue weighted by atomic mass is 10.1. The van der Waals surface area contributed by atoms with Gasteiger partial charge in [0.2, 0.25) is 0 Å². The predicted molar refractivity (Wildman–Crippen MR) is 99.2 cm³/mol. The summed E-state index contributed by atoms with van der Waals surface area (Å²) in [4.78, 5) is 25.1.